The van der Waals surface area contributed by atoms with E-state index >= 15 is 0 Å². The van der Waals surface area contributed by atoms with Crippen molar-refractivity contribution in [3.8, 4) is 0 Å². The van der Waals surface area contributed by atoms with Gasteiger partial charge in [0.2, 0.25) is 0 Å². The summed E-state index contributed by atoms with van der Waals surface area (Å²) in [7, 11) is 0. The highest BCUT2D eigenvalue weighted by molar-refractivity contribution is 7.16. The van der Waals surface area contributed by atoms with Crippen LogP contribution in [0.2, 0.25) is 5.02 Å². The normalized spacial score (nSPS) is 11.7. The monoisotopic (exact) mass is 409 g/mol. The largest absolute Gasteiger partial charge is 0.310 e. The number of carbonyl (C=O) groups is 1. The van der Waals surface area contributed by atoms with Crippen LogP contribution in [0.5, 0.6) is 0 Å². The van der Waals surface area contributed by atoms with E-state index in [-0.39, 0.29) is 32.1 Å². The van der Waals surface area contributed by atoms with Gasteiger partial charge in [0.25, 0.3) is 11.6 Å². The van der Waals surface area contributed by atoms with Crippen molar-refractivity contribution in [3.05, 3.63) is 80.1 Å². The van der Waals surface area contributed by atoms with Crippen LogP contribution >= 0.6 is 22.9 Å². The summed E-state index contributed by atoms with van der Waals surface area (Å²) in [6.07, 6.45) is 1.46. The number of allylic oxidation sites excluding steroid dienone is 1. The van der Waals surface area contributed by atoms with Crippen LogP contribution in [-0.2, 0) is 6.54 Å². The van der Waals surface area contributed by atoms with E-state index in [1.165, 1.54) is 16.7 Å². The minimum absolute atomic E-state index is 0.0497. The molecule has 0 unspecified atom stereocenters. The molecule has 3 rings (SSSR count). The number of nitrogens with zero attached hydrogens (tertiary/aromatic N) is 3. The Kier molecular flexibility index (Phi) is 5.15. The van der Waals surface area contributed by atoms with Crippen molar-refractivity contribution < 1.29 is 18.5 Å². The lowest BCUT2D eigenvalue weighted by Crippen LogP contribution is -2.17. The second-order valence-corrected chi connectivity index (χ2v) is 6.80. The number of nitro benzene ring substituents is 1. The third-order valence-corrected chi connectivity index (χ3v) is 4.85. The molecule has 0 saturated heterocycles. The molecule has 0 N–H and O–H groups in total. The predicted molar refractivity (Wildman–Crippen MR) is 97.9 cm³/mol. The number of nitro groups is 1. The molecule has 6 nitrogen and oxygen atoms in total. The molecule has 1 aromatic heterocycles. The second-order valence-electron chi connectivity index (χ2n) is 5.35. The van der Waals surface area contributed by atoms with Gasteiger partial charge in [0.1, 0.15) is 11.4 Å². The second kappa shape index (κ2) is 7.37. The van der Waals surface area contributed by atoms with Gasteiger partial charge in [-0.15, -0.1) is 6.58 Å². The van der Waals surface area contributed by atoms with Crippen molar-refractivity contribution in [1.29, 1.82) is 0 Å². The summed E-state index contributed by atoms with van der Waals surface area (Å²) >= 11 is 6.71. The van der Waals surface area contributed by atoms with Gasteiger partial charge in [0, 0.05) is 23.7 Å². The Balaban J connectivity index is 2.25. The Bertz CT molecular complexity index is 1170. The van der Waals surface area contributed by atoms with Gasteiger partial charge in [0.05, 0.1) is 15.1 Å². The number of fused-ring (bicyclic) bond motifs is 1. The van der Waals surface area contributed by atoms with E-state index in [0.717, 1.165) is 35.6 Å². The molecule has 0 aliphatic rings. The molecule has 0 fully saturated rings. The van der Waals surface area contributed by atoms with Gasteiger partial charge in [-0.2, -0.15) is 4.99 Å². The third kappa shape index (κ3) is 3.64. The Morgan fingerprint density at radius 3 is 2.78 bits per heavy atom. The number of amides is 1. The van der Waals surface area contributed by atoms with Gasteiger partial charge < -0.3 is 4.57 Å². The van der Waals surface area contributed by atoms with E-state index in [1.807, 2.05) is 0 Å². The highest BCUT2D eigenvalue weighted by Gasteiger charge is 2.21. The fourth-order valence-electron chi connectivity index (χ4n) is 2.50. The van der Waals surface area contributed by atoms with Crippen LogP contribution in [-0.4, -0.2) is 15.4 Å². The lowest BCUT2D eigenvalue weighted by atomic mass is 10.2. The molecule has 1 heterocycles. The first-order valence-electron chi connectivity index (χ1n) is 7.44. The fourth-order valence-corrected chi connectivity index (χ4v) is 3.75. The van der Waals surface area contributed by atoms with Crippen LogP contribution < -0.4 is 4.80 Å². The smallest absolute Gasteiger partial charge is 0.286 e. The first-order chi connectivity index (χ1) is 12.8. The van der Waals surface area contributed by atoms with E-state index in [4.69, 9.17) is 11.6 Å². The maximum Gasteiger partial charge on any atom is 0.286 e. The Morgan fingerprint density at radius 2 is 2.11 bits per heavy atom. The average molecular weight is 410 g/mol. The van der Waals surface area contributed by atoms with Crippen molar-refractivity contribution in [3.63, 3.8) is 0 Å². The number of benzene rings is 2. The van der Waals surface area contributed by atoms with Gasteiger partial charge in [0.15, 0.2) is 10.6 Å². The Labute approximate surface area is 159 Å². The first-order valence-corrected chi connectivity index (χ1v) is 8.63. The maximum atomic E-state index is 14.2. The van der Waals surface area contributed by atoms with Crippen LogP contribution in [0.25, 0.3) is 10.2 Å². The third-order valence-electron chi connectivity index (χ3n) is 3.59. The maximum absolute atomic E-state index is 14.2. The zero-order valence-electron chi connectivity index (χ0n) is 13.5. The lowest BCUT2D eigenvalue weighted by molar-refractivity contribution is -0.385. The van der Waals surface area contributed by atoms with Gasteiger partial charge in [-0.25, -0.2) is 8.78 Å². The molecule has 138 valence electrons. The van der Waals surface area contributed by atoms with Gasteiger partial charge >= 0.3 is 0 Å². The molecule has 0 radical (unpaired) electrons. The fraction of sp³-hybridized carbons (Fsp3) is 0.0588. The van der Waals surface area contributed by atoms with Crippen LogP contribution in [0.4, 0.5) is 14.5 Å². The van der Waals surface area contributed by atoms with E-state index in [2.05, 4.69) is 11.6 Å². The molecule has 10 heteroatoms. The molecular formula is C17H10ClF2N3O3S. The van der Waals surface area contributed by atoms with Gasteiger partial charge in [-0.1, -0.05) is 29.0 Å². The van der Waals surface area contributed by atoms with Crippen LogP contribution in [0.3, 0.4) is 0 Å². The molecule has 0 spiro atoms. The van der Waals surface area contributed by atoms with Gasteiger partial charge in [-0.05, 0) is 18.2 Å². The van der Waals surface area contributed by atoms with Crippen molar-refractivity contribution in [1.82, 2.24) is 4.57 Å². The molecular weight excluding hydrogens is 400 g/mol. The number of rotatable bonds is 4. The zero-order chi connectivity index (χ0) is 19.7. The minimum atomic E-state index is -0.922. The summed E-state index contributed by atoms with van der Waals surface area (Å²) in [4.78, 5) is 26.9. The van der Waals surface area contributed by atoms with E-state index in [1.54, 1.807) is 0 Å². The first kappa shape index (κ1) is 18.9. The van der Waals surface area contributed by atoms with Crippen molar-refractivity contribution >= 4 is 44.7 Å². The number of hydrogen-bond acceptors (Lipinski definition) is 4. The highest BCUT2D eigenvalue weighted by Crippen LogP contribution is 2.25. The number of aromatic nitrogens is 1. The predicted octanol–water partition coefficient (Wildman–Crippen LogP) is 4.47. The van der Waals surface area contributed by atoms with Gasteiger partial charge in [-0.3, -0.25) is 14.9 Å². The molecule has 0 atom stereocenters. The summed E-state index contributed by atoms with van der Waals surface area (Å²) < 4.78 is 29.3. The lowest BCUT2D eigenvalue weighted by Gasteiger charge is -2.02. The standard InChI is InChI=1S/C17H10ClF2N3O3S/c1-2-5-22-15-12(20)7-10(19)8-14(15)27-17(22)21-16(24)11-6-9(18)3-4-13(11)23(25)26/h2-4,6-8H,1,5H2. The van der Waals surface area contributed by atoms with Crippen molar-refractivity contribution in [2.75, 3.05) is 0 Å². The quantitative estimate of drug-likeness (QED) is 0.362. The number of carbonyl (C=O) groups excluding carboxylic acids is 1. The van der Waals surface area contributed by atoms with Crippen LogP contribution in [0.15, 0.2) is 48.0 Å². The molecule has 3 aromatic rings. The summed E-state index contributed by atoms with van der Waals surface area (Å²) in [5, 5.41) is 11.3. The van der Waals surface area contributed by atoms with Crippen molar-refractivity contribution in [2.24, 2.45) is 4.99 Å². The van der Waals surface area contributed by atoms with Crippen LogP contribution in [0.1, 0.15) is 10.4 Å². The van der Waals surface area contributed by atoms with Crippen molar-refractivity contribution in [2.45, 2.75) is 6.54 Å². The molecule has 0 aliphatic carbocycles. The number of thiazole rings is 1. The average Bonchev–Trinajstić information content (AvgIpc) is 2.92. The molecule has 0 aliphatic heterocycles. The molecule has 0 bridgehead atoms. The Morgan fingerprint density at radius 1 is 1.37 bits per heavy atom. The summed E-state index contributed by atoms with van der Waals surface area (Å²) in [5.74, 6) is -2.50. The zero-order valence-corrected chi connectivity index (χ0v) is 15.1. The molecule has 2 aromatic carbocycles. The van der Waals surface area contributed by atoms with E-state index in [0.29, 0.717) is 0 Å². The van der Waals surface area contributed by atoms with Crippen LogP contribution in [0, 0.1) is 21.7 Å². The summed E-state index contributed by atoms with van der Waals surface area (Å²) in [6, 6.07) is 5.36. The topological polar surface area (TPSA) is 77.5 Å². The van der Waals surface area contributed by atoms with E-state index in [9.17, 15) is 23.7 Å². The minimum Gasteiger partial charge on any atom is -0.310 e. The SMILES string of the molecule is C=CCn1c(=NC(=O)c2cc(Cl)ccc2[N+](=O)[O-])sc2cc(F)cc(F)c21. The van der Waals surface area contributed by atoms with E-state index < -0.39 is 28.2 Å². The summed E-state index contributed by atoms with van der Waals surface area (Å²) in [6.45, 7) is 3.67. The molecule has 0 saturated carbocycles. The molecule has 1 amide bonds. The highest BCUT2D eigenvalue weighted by atomic mass is 35.5. The number of hydrogen-bond donors (Lipinski definition) is 0. The molecule has 27 heavy (non-hydrogen) atoms. The Hall–Kier alpha value is -2.91. The summed E-state index contributed by atoms with van der Waals surface area (Å²) in [5.41, 5.74) is -0.697. The number of halogens is 3.